The summed E-state index contributed by atoms with van der Waals surface area (Å²) in [6.07, 6.45) is 2.47. The summed E-state index contributed by atoms with van der Waals surface area (Å²) in [5, 5.41) is 3.36. The van der Waals surface area contributed by atoms with Crippen molar-refractivity contribution in [1.82, 2.24) is 14.9 Å². The van der Waals surface area contributed by atoms with Crippen LogP contribution in [0.25, 0.3) is 0 Å². The van der Waals surface area contributed by atoms with Crippen molar-refractivity contribution >= 4 is 17.7 Å². The van der Waals surface area contributed by atoms with Gasteiger partial charge in [0.2, 0.25) is 5.91 Å². The average molecular weight is 377 g/mol. The van der Waals surface area contributed by atoms with Crippen LogP contribution in [0.5, 0.6) is 11.5 Å². The quantitative estimate of drug-likeness (QED) is 0.556. The zero-order valence-electron chi connectivity index (χ0n) is 15.4. The molecular formula is C18H23N3O4S. The summed E-state index contributed by atoms with van der Waals surface area (Å²) in [4.78, 5) is 28.6. The maximum Gasteiger partial charge on any atom is 0.254 e. The fourth-order valence-corrected chi connectivity index (χ4v) is 3.09. The topological polar surface area (TPSA) is 82.5 Å². The van der Waals surface area contributed by atoms with E-state index in [2.05, 4.69) is 10.3 Å². The van der Waals surface area contributed by atoms with Crippen molar-refractivity contribution in [3.8, 4) is 11.5 Å². The van der Waals surface area contributed by atoms with Gasteiger partial charge in [-0.1, -0.05) is 17.8 Å². The van der Waals surface area contributed by atoms with Crippen LogP contribution in [0.15, 0.2) is 34.2 Å². The van der Waals surface area contributed by atoms with E-state index < -0.39 is 0 Å². The first-order chi connectivity index (χ1) is 12.5. The molecule has 0 atom stereocenters. The summed E-state index contributed by atoms with van der Waals surface area (Å²) in [7, 11) is 3.17. The number of benzene rings is 1. The summed E-state index contributed by atoms with van der Waals surface area (Å²) in [5.41, 5.74) is 1.43. The second-order valence-corrected chi connectivity index (χ2v) is 6.37. The van der Waals surface area contributed by atoms with Crippen LogP contribution >= 0.6 is 11.8 Å². The Kier molecular flexibility index (Phi) is 7.08. The van der Waals surface area contributed by atoms with Crippen molar-refractivity contribution in [1.29, 1.82) is 0 Å². The molecule has 1 amide bonds. The smallest absolute Gasteiger partial charge is 0.254 e. The minimum atomic E-state index is -0.228. The Balaban J connectivity index is 1.95. The van der Waals surface area contributed by atoms with E-state index in [1.165, 1.54) is 22.4 Å². The molecule has 0 unspecified atom stereocenters. The van der Waals surface area contributed by atoms with Gasteiger partial charge in [0.15, 0.2) is 16.7 Å². The molecule has 140 valence electrons. The van der Waals surface area contributed by atoms with Crippen molar-refractivity contribution in [2.45, 2.75) is 25.0 Å². The molecular weight excluding hydrogens is 354 g/mol. The molecule has 1 aromatic heterocycles. The lowest BCUT2D eigenvalue weighted by Gasteiger charge is -2.12. The fourth-order valence-electron chi connectivity index (χ4n) is 2.48. The van der Waals surface area contributed by atoms with E-state index in [9.17, 15) is 9.59 Å². The number of thioether (sulfide) groups is 1. The minimum absolute atomic E-state index is 0.0474. The lowest BCUT2D eigenvalue weighted by atomic mass is 10.1. The molecule has 0 aliphatic heterocycles. The van der Waals surface area contributed by atoms with Crippen LogP contribution in [-0.4, -0.2) is 42.5 Å². The van der Waals surface area contributed by atoms with Crippen molar-refractivity contribution in [3.05, 3.63) is 45.9 Å². The van der Waals surface area contributed by atoms with Crippen LogP contribution in [0.4, 0.5) is 0 Å². The second-order valence-electron chi connectivity index (χ2n) is 5.60. The van der Waals surface area contributed by atoms with Gasteiger partial charge >= 0.3 is 0 Å². The van der Waals surface area contributed by atoms with Gasteiger partial charge in [-0.2, -0.15) is 0 Å². The first-order valence-electron chi connectivity index (χ1n) is 8.08. The number of aromatic nitrogens is 2. The summed E-state index contributed by atoms with van der Waals surface area (Å²) in [6.45, 7) is 2.17. The van der Waals surface area contributed by atoms with Gasteiger partial charge in [0, 0.05) is 18.3 Å². The highest BCUT2D eigenvalue weighted by Gasteiger charge is 2.11. The molecule has 0 bridgehead atoms. The van der Waals surface area contributed by atoms with Gasteiger partial charge in [-0.05, 0) is 37.3 Å². The molecule has 26 heavy (non-hydrogen) atoms. The molecule has 2 aromatic rings. The third-order valence-corrected chi connectivity index (χ3v) is 4.45. The number of methoxy groups -OCH3 is 2. The maximum atomic E-state index is 12.2. The minimum Gasteiger partial charge on any atom is -0.493 e. The number of carbonyl (C=O) groups excluding carboxylic acids is 1. The molecule has 0 spiro atoms. The number of ether oxygens (including phenoxy) is 2. The molecule has 0 aliphatic rings. The summed E-state index contributed by atoms with van der Waals surface area (Å²) in [6, 6.07) is 7.06. The molecule has 0 saturated heterocycles. The predicted molar refractivity (Wildman–Crippen MR) is 101 cm³/mol. The van der Waals surface area contributed by atoms with Gasteiger partial charge < -0.3 is 14.8 Å². The zero-order valence-corrected chi connectivity index (χ0v) is 16.2. The van der Waals surface area contributed by atoms with E-state index in [4.69, 9.17) is 9.47 Å². The lowest BCUT2D eigenvalue weighted by molar-refractivity contribution is -0.121. The van der Waals surface area contributed by atoms with Gasteiger partial charge in [-0.15, -0.1) is 0 Å². The van der Waals surface area contributed by atoms with Crippen LogP contribution in [0.2, 0.25) is 0 Å². The molecule has 0 radical (unpaired) electrons. The normalized spacial score (nSPS) is 10.5. The lowest BCUT2D eigenvalue weighted by Crippen LogP contribution is -2.34. The third kappa shape index (κ3) is 5.01. The highest BCUT2D eigenvalue weighted by molar-refractivity contribution is 7.98. The number of nitrogens with zero attached hydrogens (tertiary/aromatic N) is 2. The molecule has 1 N–H and O–H groups in total. The predicted octanol–water partition coefficient (Wildman–Crippen LogP) is 1.65. The van der Waals surface area contributed by atoms with E-state index in [0.29, 0.717) is 35.3 Å². The first kappa shape index (κ1) is 19.8. The van der Waals surface area contributed by atoms with Gasteiger partial charge in [0.05, 0.1) is 14.2 Å². The SMILES string of the molecule is COc1ccc(CCNC(=O)Cn2c(SC)nc(C)cc2=O)cc1OC. The van der Waals surface area contributed by atoms with Gasteiger partial charge in [-0.25, -0.2) is 4.98 Å². The Morgan fingerprint density at radius 3 is 2.62 bits per heavy atom. The van der Waals surface area contributed by atoms with Gasteiger partial charge in [-0.3, -0.25) is 14.2 Å². The fraction of sp³-hybridized carbons (Fsp3) is 0.389. The third-order valence-electron chi connectivity index (χ3n) is 3.77. The number of hydrogen-bond acceptors (Lipinski definition) is 6. The largest absolute Gasteiger partial charge is 0.493 e. The van der Waals surface area contributed by atoms with Crippen LogP contribution in [0.1, 0.15) is 11.3 Å². The van der Waals surface area contributed by atoms with Crippen molar-refractivity contribution < 1.29 is 14.3 Å². The number of hydrogen-bond donors (Lipinski definition) is 1. The number of amides is 1. The maximum absolute atomic E-state index is 12.2. The van der Waals surface area contributed by atoms with Crippen LogP contribution < -0.4 is 20.3 Å². The van der Waals surface area contributed by atoms with Gasteiger partial charge in [0.25, 0.3) is 5.56 Å². The van der Waals surface area contributed by atoms with E-state index in [-0.39, 0.29) is 18.0 Å². The molecule has 0 aliphatic carbocycles. The monoisotopic (exact) mass is 377 g/mol. The zero-order chi connectivity index (χ0) is 19.1. The number of aryl methyl sites for hydroxylation is 1. The Morgan fingerprint density at radius 2 is 1.96 bits per heavy atom. The first-order valence-corrected chi connectivity index (χ1v) is 9.31. The number of nitrogens with one attached hydrogen (secondary N) is 1. The molecule has 8 heteroatoms. The molecule has 1 heterocycles. The standard InChI is InChI=1S/C18H23N3O4S/c1-12-9-17(23)21(18(20-12)26-4)11-16(22)19-8-7-13-5-6-14(24-2)15(10-13)25-3/h5-6,9-10H,7-8,11H2,1-4H3,(H,19,22). The Hall–Kier alpha value is -2.48. The van der Waals surface area contributed by atoms with Crippen LogP contribution in [-0.2, 0) is 17.8 Å². The van der Waals surface area contributed by atoms with E-state index in [1.807, 2.05) is 24.5 Å². The molecule has 0 saturated carbocycles. The average Bonchev–Trinajstić information content (AvgIpc) is 2.63. The Bertz CT molecular complexity index is 836. The van der Waals surface area contributed by atoms with Crippen molar-refractivity contribution in [3.63, 3.8) is 0 Å². The van der Waals surface area contributed by atoms with Crippen molar-refractivity contribution in [2.75, 3.05) is 27.0 Å². The highest BCUT2D eigenvalue weighted by atomic mass is 32.2. The van der Waals surface area contributed by atoms with Crippen molar-refractivity contribution in [2.24, 2.45) is 0 Å². The Labute approximate surface area is 156 Å². The van der Waals surface area contributed by atoms with E-state index in [1.54, 1.807) is 21.1 Å². The van der Waals surface area contributed by atoms with E-state index in [0.717, 1.165) is 5.56 Å². The molecule has 1 aromatic carbocycles. The number of carbonyl (C=O) groups is 1. The molecule has 2 rings (SSSR count). The summed E-state index contributed by atoms with van der Waals surface area (Å²) in [5.74, 6) is 1.09. The summed E-state index contributed by atoms with van der Waals surface area (Å²) >= 11 is 1.34. The van der Waals surface area contributed by atoms with Crippen LogP contribution in [0, 0.1) is 6.92 Å². The molecule has 7 nitrogen and oxygen atoms in total. The highest BCUT2D eigenvalue weighted by Crippen LogP contribution is 2.27. The number of rotatable bonds is 8. The summed E-state index contributed by atoms with van der Waals surface area (Å²) < 4.78 is 11.9. The van der Waals surface area contributed by atoms with Crippen LogP contribution in [0.3, 0.4) is 0 Å². The second kappa shape index (κ2) is 9.28. The van der Waals surface area contributed by atoms with Gasteiger partial charge in [0.1, 0.15) is 6.54 Å². The Morgan fingerprint density at radius 1 is 1.23 bits per heavy atom. The van der Waals surface area contributed by atoms with E-state index >= 15 is 0 Å². The molecule has 0 fully saturated rings.